The zero-order valence-corrected chi connectivity index (χ0v) is 11.3. The molecule has 0 amide bonds. The zero-order valence-electron chi connectivity index (χ0n) is 11.3. The third-order valence-corrected chi connectivity index (χ3v) is 3.07. The molecule has 0 saturated heterocycles. The normalized spacial score (nSPS) is 10.7. The quantitative estimate of drug-likeness (QED) is 0.915. The Morgan fingerprint density at radius 2 is 1.89 bits per heavy atom. The standard InChI is InChI=1S/C15H17NO3/c1-10(2)16-9-8-12(14(16)15(17)18)11-6-4-5-7-13(11)19-3/h4-10H,1-3H3,(H,17,18). The predicted molar refractivity (Wildman–Crippen MR) is 73.8 cm³/mol. The number of carboxylic acids is 1. The third kappa shape index (κ3) is 2.34. The molecule has 1 aromatic carbocycles. The Morgan fingerprint density at radius 1 is 1.21 bits per heavy atom. The molecule has 2 aromatic rings. The van der Waals surface area contributed by atoms with E-state index in [1.807, 2.05) is 44.2 Å². The van der Waals surface area contributed by atoms with Gasteiger partial charge in [0.1, 0.15) is 11.4 Å². The number of hydrogen-bond acceptors (Lipinski definition) is 2. The summed E-state index contributed by atoms with van der Waals surface area (Å²) in [7, 11) is 1.58. The van der Waals surface area contributed by atoms with E-state index in [4.69, 9.17) is 4.74 Å². The van der Waals surface area contributed by atoms with Crippen LogP contribution in [0.2, 0.25) is 0 Å². The summed E-state index contributed by atoms with van der Waals surface area (Å²) in [6, 6.07) is 9.34. The van der Waals surface area contributed by atoms with E-state index in [1.54, 1.807) is 17.9 Å². The highest BCUT2D eigenvalue weighted by Crippen LogP contribution is 2.33. The van der Waals surface area contributed by atoms with Gasteiger partial charge in [0.25, 0.3) is 0 Å². The SMILES string of the molecule is COc1ccccc1-c1ccn(C(C)C)c1C(=O)O. The monoisotopic (exact) mass is 259 g/mol. The van der Waals surface area contributed by atoms with Gasteiger partial charge < -0.3 is 14.4 Å². The summed E-state index contributed by atoms with van der Waals surface area (Å²) in [6.45, 7) is 3.91. The van der Waals surface area contributed by atoms with Gasteiger partial charge in [0, 0.05) is 23.4 Å². The minimum atomic E-state index is -0.931. The molecule has 1 heterocycles. The molecular weight excluding hydrogens is 242 g/mol. The van der Waals surface area contributed by atoms with Crippen LogP contribution < -0.4 is 4.74 Å². The lowest BCUT2D eigenvalue weighted by Crippen LogP contribution is -2.10. The van der Waals surface area contributed by atoms with Gasteiger partial charge in [-0.3, -0.25) is 0 Å². The molecule has 1 N–H and O–H groups in total. The second-order valence-corrected chi connectivity index (χ2v) is 4.58. The lowest BCUT2D eigenvalue weighted by atomic mass is 10.0. The van der Waals surface area contributed by atoms with Gasteiger partial charge >= 0.3 is 5.97 Å². The number of carbonyl (C=O) groups is 1. The fourth-order valence-electron chi connectivity index (χ4n) is 2.19. The Balaban J connectivity index is 2.66. The van der Waals surface area contributed by atoms with Gasteiger partial charge in [0.05, 0.1) is 7.11 Å². The molecule has 4 nitrogen and oxygen atoms in total. The first-order valence-electron chi connectivity index (χ1n) is 6.13. The van der Waals surface area contributed by atoms with Crippen molar-refractivity contribution in [1.29, 1.82) is 0 Å². The van der Waals surface area contributed by atoms with Gasteiger partial charge in [-0.05, 0) is 26.0 Å². The van der Waals surface area contributed by atoms with Crippen molar-refractivity contribution in [3.05, 3.63) is 42.2 Å². The first-order valence-corrected chi connectivity index (χ1v) is 6.13. The van der Waals surface area contributed by atoms with E-state index >= 15 is 0 Å². The van der Waals surface area contributed by atoms with E-state index in [0.717, 1.165) is 5.56 Å². The summed E-state index contributed by atoms with van der Waals surface area (Å²) in [5.74, 6) is -0.258. The lowest BCUT2D eigenvalue weighted by Gasteiger charge is -2.12. The van der Waals surface area contributed by atoms with Gasteiger partial charge in [0.2, 0.25) is 0 Å². The van der Waals surface area contributed by atoms with Crippen molar-refractivity contribution in [1.82, 2.24) is 4.57 Å². The highest BCUT2D eigenvalue weighted by molar-refractivity contribution is 5.95. The van der Waals surface area contributed by atoms with Crippen LogP contribution in [0.4, 0.5) is 0 Å². The van der Waals surface area contributed by atoms with Gasteiger partial charge in [-0.15, -0.1) is 0 Å². The maximum absolute atomic E-state index is 11.5. The molecule has 0 radical (unpaired) electrons. The van der Waals surface area contributed by atoms with Crippen LogP contribution in [0.3, 0.4) is 0 Å². The van der Waals surface area contributed by atoms with Crippen LogP contribution in [-0.4, -0.2) is 22.8 Å². The van der Waals surface area contributed by atoms with E-state index in [9.17, 15) is 9.90 Å². The van der Waals surface area contributed by atoms with Crippen LogP contribution in [-0.2, 0) is 0 Å². The molecule has 2 rings (SSSR count). The van der Waals surface area contributed by atoms with Crippen LogP contribution >= 0.6 is 0 Å². The lowest BCUT2D eigenvalue weighted by molar-refractivity contribution is 0.0684. The summed E-state index contributed by atoms with van der Waals surface area (Å²) in [4.78, 5) is 11.5. The second kappa shape index (κ2) is 5.18. The van der Waals surface area contributed by atoms with Crippen LogP contribution in [0.5, 0.6) is 5.75 Å². The molecule has 0 unspecified atom stereocenters. The van der Waals surface area contributed by atoms with Crippen molar-refractivity contribution < 1.29 is 14.6 Å². The van der Waals surface area contributed by atoms with E-state index in [2.05, 4.69) is 0 Å². The minimum Gasteiger partial charge on any atom is -0.496 e. The number of carboxylic acid groups (broad SMARTS) is 1. The fourth-order valence-corrected chi connectivity index (χ4v) is 2.19. The highest BCUT2D eigenvalue weighted by Gasteiger charge is 2.20. The largest absolute Gasteiger partial charge is 0.496 e. The Hall–Kier alpha value is -2.23. The van der Waals surface area contributed by atoms with Crippen LogP contribution in [0.15, 0.2) is 36.5 Å². The predicted octanol–water partition coefficient (Wildman–Crippen LogP) is 3.44. The smallest absolute Gasteiger partial charge is 0.353 e. The Bertz CT molecular complexity index is 599. The summed E-state index contributed by atoms with van der Waals surface area (Å²) < 4.78 is 7.06. The summed E-state index contributed by atoms with van der Waals surface area (Å²) in [6.07, 6.45) is 1.80. The molecule has 0 spiro atoms. The molecule has 0 aliphatic heterocycles. The average Bonchev–Trinajstić information content (AvgIpc) is 2.83. The van der Waals surface area contributed by atoms with Gasteiger partial charge in [-0.2, -0.15) is 0 Å². The number of ether oxygens (including phenoxy) is 1. The number of aromatic nitrogens is 1. The van der Waals surface area contributed by atoms with Crippen molar-refractivity contribution in [2.24, 2.45) is 0 Å². The third-order valence-electron chi connectivity index (χ3n) is 3.07. The van der Waals surface area contributed by atoms with Gasteiger partial charge in [-0.25, -0.2) is 4.79 Å². The maximum atomic E-state index is 11.5. The highest BCUT2D eigenvalue weighted by atomic mass is 16.5. The molecule has 19 heavy (non-hydrogen) atoms. The minimum absolute atomic E-state index is 0.0922. The topological polar surface area (TPSA) is 51.5 Å². The summed E-state index contributed by atoms with van der Waals surface area (Å²) in [5, 5.41) is 9.45. The van der Waals surface area contributed by atoms with Crippen LogP contribution in [0.25, 0.3) is 11.1 Å². The molecule has 0 aliphatic carbocycles. The van der Waals surface area contributed by atoms with Crippen molar-refractivity contribution >= 4 is 5.97 Å². The molecule has 0 saturated carbocycles. The first-order chi connectivity index (χ1) is 9.06. The molecule has 4 heteroatoms. The zero-order chi connectivity index (χ0) is 14.0. The van der Waals surface area contributed by atoms with Crippen molar-refractivity contribution in [3.8, 4) is 16.9 Å². The Labute approximate surface area is 112 Å². The van der Waals surface area contributed by atoms with Crippen molar-refractivity contribution in [2.45, 2.75) is 19.9 Å². The average molecular weight is 259 g/mol. The van der Waals surface area contributed by atoms with E-state index in [0.29, 0.717) is 17.0 Å². The van der Waals surface area contributed by atoms with Gasteiger partial charge in [0.15, 0.2) is 0 Å². The number of para-hydroxylation sites is 1. The molecule has 0 aliphatic rings. The first kappa shape index (κ1) is 13.2. The van der Waals surface area contributed by atoms with Crippen molar-refractivity contribution in [3.63, 3.8) is 0 Å². The molecular formula is C15H17NO3. The van der Waals surface area contributed by atoms with Crippen LogP contribution in [0.1, 0.15) is 30.4 Å². The number of rotatable bonds is 4. The van der Waals surface area contributed by atoms with Gasteiger partial charge in [-0.1, -0.05) is 18.2 Å². The summed E-state index contributed by atoms with van der Waals surface area (Å²) in [5.41, 5.74) is 1.76. The Morgan fingerprint density at radius 3 is 2.47 bits per heavy atom. The number of aromatic carboxylic acids is 1. The van der Waals surface area contributed by atoms with E-state index in [1.165, 1.54) is 0 Å². The Kier molecular flexibility index (Phi) is 3.60. The van der Waals surface area contributed by atoms with E-state index in [-0.39, 0.29) is 6.04 Å². The molecule has 0 atom stereocenters. The number of methoxy groups -OCH3 is 1. The van der Waals surface area contributed by atoms with Crippen LogP contribution in [0, 0.1) is 0 Å². The molecule has 100 valence electrons. The molecule has 1 aromatic heterocycles. The second-order valence-electron chi connectivity index (χ2n) is 4.58. The number of benzene rings is 1. The summed E-state index contributed by atoms with van der Waals surface area (Å²) >= 11 is 0. The molecule has 0 bridgehead atoms. The molecule has 0 fully saturated rings. The number of hydrogen-bond donors (Lipinski definition) is 1. The van der Waals surface area contributed by atoms with Crippen molar-refractivity contribution in [2.75, 3.05) is 7.11 Å². The number of nitrogens with zero attached hydrogens (tertiary/aromatic N) is 1. The maximum Gasteiger partial charge on any atom is 0.353 e. The fraction of sp³-hybridized carbons (Fsp3) is 0.267. The van der Waals surface area contributed by atoms with E-state index < -0.39 is 5.97 Å².